The molecular weight excluding hydrogens is 260 g/mol. The van der Waals surface area contributed by atoms with Crippen LogP contribution in [0.2, 0.25) is 0 Å². The summed E-state index contributed by atoms with van der Waals surface area (Å²) in [6.07, 6.45) is 1.60. The molecule has 2 saturated heterocycles. The Balaban J connectivity index is 1.77. The smallest absolute Gasteiger partial charge is 0.0588 e. The molecule has 2 aliphatic heterocycles. The highest BCUT2D eigenvalue weighted by molar-refractivity contribution is 5.21. The van der Waals surface area contributed by atoms with Gasteiger partial charge in [0, 0.05) is 37.8 Å². The van der Waals surface area contributed by atoms with Crippen molar-refractivity contribution < 1.29 is 4.74 Å². The summed E-state index contributed by atoms with van der Waals surface area (Å²) in [4.78, 5) is 2.67. The van der Waals surface area contributed by atoms with Crippen molar-refractivity contribution in [3.8, 4) is 0 Å². The van der Waals surface area contributed by atoms with E-state index in [1.165, 1.54) is 12.0 Å². The second-order valence-corrected chi connectivity index (χ2v) is 7.25. The van der Waals surface area contributed by atoms with Gasteiger partial charge in [0.15, 0.2) is 0 Å². The summed E-state index contributed by atoms with van der Waals surface area (Å²) in [5, 5.41) is 3.70. The van der Waals surface area contributed by atoms with Crippen LogP contribution in [-0.2, 0) is 4.74 Å². The third-order valence-electron chi connectivity index (χ3n) is 5.00. The van der Waals surface area contributed by atoms with E-state index in [1.807, 2.05) is 0 Å². The Kier molecular flexibility index (Phi) is 4.34. The van der Waals surface area contributed by atoms with E-state index in [9.17, 15) is 0 Å². The third kappa shape index (κ3) is 3.47. The number of ether oxygens (including phenoxy) is 1. The number of piperazine rings is 1. The Morgan fingerprint density at radius 3 is 2.71 bits per heavy atom. The van der Waals surface area contributed by atoms with Crippen LogP contribution in [0.4, 0.5) is 0 Å². The topological polar surface area (TPSA) is 24.5 Å². The van der Waals surface area contributed by atoms with Crippen LogP contribution in [0.5, 0.6) is 0 Å². The molecule has 2 aliphatic rings. The van der Waals surface area contributed by atoms with Crippen molar-refractivity contribution in [2.24, 2.45) is 5.92 Å². The van der Waals surface area contributed by atoms with Gasteiger partial charge in [0.1, 0.15) is 0 Å². The number of nitrogens with zero attached hydrogens (tertiary/aromatic N) is 1. The Hall–Kier alpha value is -0.900. The van der Waals surface area contributed by atoms with Crippen molar-refractivity contribution >= 4 is 0 Å². The minimum Gasteiger partial charge on any atom is -0.378 e. The zero-order chi connectivity index (χ0) is 14.9. The lowest BCUT2D eigenvalue weighted by molar-refractivity contribution is 0.0521. The first kappa shape index (κ1) is 15.0. The lowest BCUT2D eigenvalue weighted by Crippen LogP contribution is -2.59. The Bertz CT molecular complexity index is 460. The molecule has 3 heteroatoms. The molecule has 3 rings (SSSR count). The van der Waals surface area contributed by atoms with E-state index in [-0.39, 0.29) is 5.54 Å². The van der Waals surface area contributed by atoms with Gasteiger partial charge in [-0.1, -0.05) is 30.3 Å². The van der Waals surface area contributed by atoms with E-state index in [0.29, 0.717) is 18.1 Å². The highest BCUT2D eigenvalue weighted by Gasteiger charge is 2.36. The largest absolute Gasteiger partial charge is 0.378 e. The van der Waals surface area contributed by atoms with Crippen molar-refractivity contribution in [1.29, 1.82) is 0 Å². The predicted octanol–water partition coefficient (Wildman–Crippen LogP) is 2.84. The SMILES string of the molecule is CC1OCCC1CN1CC(C)(C)NCC1c1ccccc1. The maximum atomic E-state index is 5.76. The summed E-state index contributed by atoms with van der Waals surface area (Å²) in [6.45, 7) is 11.0. The molecule has 0 spiro atoms. The zero-order valence-electron chi connectivity index (χ0n) is 13.5. The quantitative estimate of drug-likeness (QED) is 0.925. The van der Waals surface area contributed by atoms with Gasteiger partial charge in [0.05, 0.1) is 6.10 Å². The second-order valence-electron chi connectivity index (χ2n) is 7.25. The number of rotatable bonds is 3. The molecule has 0 aliphatic carbocycles. The van der Waals surface area contributed by atoms with Gasteiger partial charge in [0.25, 0.3) is 0 Å². The van der Waals surface area contributed by atoms with Crippen LogP contribution in [0.1, 0.15) is 38.8 Å². The average Bonchev–Trinajstić information content (AvgIpc) is 2.85. The minimum absolute atomic E-state index is 0.188. The van der Waals surface area contributed by atoms with E-state index < -0.39 is 0 Å². The molecule has 1 aromatic carbocycles. The monoisotopic (exact) mass is 288 g/mol. The highest BCUT2D eigenvalue weighted by atomic mass is 16.5. The van der Waals surface area contributed by atoms with Gasteiger partial charge in [-0.25, -0.2) is 0 Å². The molecule has 0 bridgehead atoms. The van der Waals surface area contributed by atoms with Gasteiger partial charge < -0.3 is 10.1 Å². The summed E-state index contributed by atoms with van der Waals surface area (Å²) in [5.41, 5.74) is 1.61. The third-order valence-corrected chi connectivity index (χ3v) is 5.00. The molecule has 116 valence electrons. The maximum absolute atomic E-state index is 5.76. The first-order chi connectivity index (χ1) is 10.1. The first-order valence-electron chi connectivity index (χ1n) is 8.21. The van der Waals surface area contributed by atoms with Crippen molar-refractivity contribution in [1.82, 2.24) is 10.2 Å². The Morgan fingerprint density at radius 2 is 2.05 bits per heavy atom. The molecule has 21 heavy (non-hydrogen) atoms. The predicted molar refractivity (Wildman–Crippen MR) is 86.4 cm³/mol. The zero-order valence-corrected chi connectivity index (χ0v) is 13.5. The van der Waals surface area contributed by atoms with Crippen LogP contribution < -0.4 is 5.32 Å². The number of nitrogens with one attached hydrogen (secondary N) is 1. The fraction of sp³-hybridized carbons (Fsp3) is 0.667. The van der Waals surface area contributed by atoms with Crippen LogP contribution in [-0.4, -0.2) is 42.8 Å². The Labute approximate surface area is 128 Å². The van der Waals surface area contributed by atoms with Gasteiger partial charge in [-0.05, 0) is 38.7 Å². The van der Waals surface area contributed by atoms with E-state index >= 15 is 0 Å². The fourth-order valence-electron chi connectivity index (χ4n) is 3.69. The van der Waals surface area contributed by atoms with Crippen LogP contribution >= 0.6 is 0 Å². The summed E-state index contributed by atoms with van der Waals surface area (Å²) in [6, 6.07) is 11.4. The molecular formula is C18H28N2O. The molecule has 0 aromatic heterocycles. The van der Waals surface area contributed by atoms with Crippen LogP contribution in [0.3, 0.4) is 0 Å². The normalized spacial score (nSPS) is 33.2. The van der Waals surface area contributed by atoms with Gasteiger partial charge in [-0.2, -0.15) is 0 Å². The summed E-state index contributed by atoms with van der Waals surface area (Å²) in [5.74, 6) is 0.671. The molecule has 0 radical (unpaired) electrons. The van der Waals surface area contributed by atoms with Crippen molar-refractivity contribution in [3.05, 3.63) is 35.9 Å². The lowest BCUT2D eigenvalue weighted by atomic mass is 9.92. The van der Waals surface area contributed by atoms with Crippen molar-refractivity contribution in [3.63, 3.8) is 0 Å². The number of hydrogen-bond donors (Lipinski definition) is 1. The van der Waals surface area contributed by atoms with E-state index in [2.05, 4.69) is 61.3 Å². The fourth-order valence-corrected chi connectivity index (χ4v) is 3.69. The Morgan fingerprint density at radius 1 is 1.29 bits per heavy atom. The summed E-state index contributed by atoms with van der Waals surface area (Å²) < 4.78 is 5.76. The van der Waals surface area contributed by atoms with Crippen LogP contribution in [0.15, 0.2) is 30.3 Å². The molecule has 2 heterocycles. The summed E-state index contributed by atoms with van der Waals surface area (Å²) >= 11 is 0. The molecule has 2 fully saturated rings. The van der Waals surface area contributed by atoms with Crippen molar-refractivity contribution in [2.45, 2.75) is 44.9 Å². The van der Waals surface area contributed by atoms with E-state index in [1.54, 1.807) is 0 Å². The first-order valence-corrected chi connectivity index (χ1v) is 8.21. The molecule has 3 atom stereocenters. The minimum atomic E-state index is 0.188. The van der Waals surface area contributed by atoms with Crippen LogP contribution in [0, 0.1) is 5.92 Å². The van der Waals surface area contributed by atoms with Crippen LogP contribution in [0.25, 0.3) is 0 Å². The highest BCUT2D eigenvalue weighted by Crippen LogP contribution is 2.30. The number of hydrogen-bond acceptors (Lipinski definition) is 3. The molecule has 3 unspecified atom stereocenters. The maximum Gasteiger partial charge on any atom is 0.0588 e. The van der Waals surface area contributed by atoms with Crippen molar-refractivity contribution in [2.75, 3.05) is 26.2 Å². The summed E-state index contributed by atoms with van der Waals surface area (Å²) in [7, 11) is 0. The van der Waals surface area contributed by atoms with Gasteiger partial charge in [0.2, 0.25) is 0 Å². The lowest BCUT2D eigenvalue weighted by Gasteiger charge is -2.46. The molecule has 1 aromatic rings. The van der Waals surface area contributed by atoms with E-state index in [0.717, 1.165) is 26.2 Å². The van der Waals surface area contributed by atoms with Gasteiger partial charge >= 0.3 is 0 Å². The van der Waals surface area contributed by atoms with Gasteiger partial charge in [-0.3, -0.25) is 4.90 Å². The molecule has 3 nitrogen and oxygen atoms in total. The molecule has 0 amide bonds. The molecule has 1 N–H and O–H groups in total. The molecule has 0 saturated carbocycles. The second kappa shape index (κ2) is 6.07. The van der Waals surface area contributed by atoms with Gasteiger partial charge in [-0.15, -0.1) is 0 Å². The standard InChI is InChI=1S/C18H28N2O/c1-14-16(9-10-21-14)12-20-13-18(2,3)19-11-17(20)15-7-5-4-6-8-15/h4-8,14,16-17,19H,9-13H2,1-3H3. The average molecular weight is 288 g/mol. The van der Waals surface area contributed by atoms with E-state index in [4.69, 9.17) is 4.74 Å². The number of benzene rings is 1.